The number of carbonyl (C=O) groups is 1. The highest BCUT2D eigenvalue weighted by Crippen LogP contribution is 2.38. The van der Waals surface area contributed by atoms with Crippen LogP contribution in [0.3, 0.4) is 0 Å². The SMILES string of the molecule is CCCC/C=C\CCCCCCCC(=O)OC(COCCCCCCCC/C=C\CCCCC)COP(=O)([O-])OCC[N+](C)(C)C. The van der Waals surface area contributed by atoms with Gasteiger partial charge in [-0.25, -0.2) is 0 Å². The van der Waals surface area contributed by atoms with Crippen LogP contribution in [-0.4, -0.2) is 70.7 Å². The third-order valence-corrected chi connectivity index (χ3v) is 8.69. The van der Waals surface area contributed by atoms with Crippen molar-refractivity contribution >= 4 is 13.8 Å². The van der Waals surface area contributed by atoms with Crippen LogP contribution >= 0.6 is 7.82 Å². The number of phosphoric acid groups is 1. The Morgan fingerprint density at radius 2 is 1.15 bits per heavy atom. The Hall–Kier alpha value is -1.02. The number of hydrogen-bond acceptors (Lipinski definition) is 7. The first-order chi connectivity index (χ1) is 22.1. The first-order valence-corrected chi connectivity index (χ1v) is 20.0. The number of hydrogen-bond donors (Lipinski definition) is 0. The Bertz CT molecular complexity index is 797. The van der Waals surface area contributed by atoms with Gasteiger partial charge >= 0.3 is 5.97 Å². The Morgan fingerprint density at radius 3 is 1.72 bits per heavy atom. The van der Waals surface area contributed by atoms with Gasteiger partial charge in [-0.15, -0.1) is 0 Å². The minimum absolute atomic E-state index is 0.0239. The van der Waals surface area contributed by atoms with Crippen molar-refractivity contribution in [3.8, 4) is 0 Å². The molecule has 0 fully saturated rings. The lowest BCUT2D eigenvalue weighted by Crippen LogP contribution is -2.37. The molecule has 8 nitrogen and oxygen atoms in total. The molecule has 0 spiro atoms. The van der Waals surface area contributed by atoms with E-state index < -0.39 is 13.9 Å². The molecule has 46 heavy (non-hydrogen) atoms. The highest BCUT2D eigenvalue weighted by atomic mass is 31.2. The van der Waals surface area contributed by atoms with E-state index in [2.05, 4.69) is 38.2 Å². The predicted molar refractivity (Wildman–Crippen MR) is 190 cm³/mol. The zero-order valence-corrected chi connectivity index (χ0v) is 31.4. The molecule has 0 amide bonds. The van der Waals surface area contributed by atoms with E-state index in [0.717, 1.165) is 44.9 Å². The quantitative estimate of drug-likeness (QED) is 0.0221. The number of allylic oxidation sites excluding steroid dienone is 4. The second-order valence-corrected chi connectivity index (χ2v) is 15.0. The molecule has 0 radical (unpaired) electrons. The predicted octanol–water partition coefficient (Wildman–Crippen LogP) is 9.47. The Kier molecular flexibility index (Phi) is 30.6. The second kappa shape index (κ2) is 31.3. The molecular weight excluding hydrogens is 601 g/mol. The van der Waals surface area contributed by atoms with Crippen LogP contribution in [0, 0.1) is 0 Å². The zero-order chi connectivity index (χ0) is 34.2. The number of esters is 1. The summed E-state index contributed by atoms with van der Waals surface area (Å²) in [5, 5.41) is 0. The van der Waals surface area contributed by atoms with E-state index in [4.69, 9.17) is 18.5 Å². The lowest BCUT2D eigenvalue weighted by Gasteiger charge is -2.28. The summed E-state index contributed by atoms with van der Waals surface area (Å²) in [5.41, 5.74) is 0. The number of nitrogens with zero attached hydrogens (tertiary/aromatic N) is 1. The number of quaternary nitrogens is 1. The molecule has 0 aromatic rings. The van der Waals surface area contributed by atoms with Gasteiger partial charge in [0.15, 0.2) is 0 Å². The number of likely N-dealkylation sites (N-methyl/N-ethyl adjacent to an activating group) is 1. The maximum Gasteiger partial charge on any atom is 0.306 e. The van der Waals surface area contributed by atoms with Gasteiger partial charge in [0.25, 0.3) is 7.82 Å². The van der Waals surface area contributed by atoms with Gasteiger partial charge in [-0.05, 0) is 57.8 Å². The summed E-state index contributed by atoms with van der Waals surface area (Å²) in [5.74, 6) is -0.349. The number of unbranched alkanes of at least 4 members (excludes halogenated alkanes) is 16. The molecule has 2 unspecified atom stereocenters. The fourth-order valence-electron chi connectivity index (χ4n) is 4.75. The van der Waals surface area contributed by atoms with Crippen LogP contribution in [-0.2, 0) is 27.9 Å². The summed E-state index contributed by atoms with van der Waals surface area (Å²) in [6.45, 7) is 5.31. The summed E-state index contributed by atoms with van der Waals surface area (Å²) in [4.78, 5) is 24.8. The second-order valence-electron chi connectivity index (χ2n) is 13.6. The van der Waals surface area contributed by atoms with Crippen molar-refractivity contribution in [3.05, 3.63) is 24.3 Å². The van der Waals surface area contributed by atoms with Crippen molar-refractivity contribution in [1.82, 2.24) is 0 Å². The van der Waals surface area contributed by atoms with Crippen molar-refractivity contribution in [2.45, 2.75) is 155 Å². The molecule has 0 N–H and O–H groups in total. The molecule has 0 aromatic carbocycles. The Morgan fingerprint density at radius 1 is 0.652 bits per heavy atom. The van der Waals surface area contributed by atoms with Crippen molar-refractivity contribution < 1.29 is 37.3 Å². The molecule has 2 atom stereocenters. The third-order valence-electron chi connectivity index (χ3n) is 7.73. The molecule has 0 aromatic heterocycles. The maximum atomic E-state index is 12.6. The van der Waals surface area contributed by atoms with E-state index in [1.54, 1.807) is 0 Å². The standard InChI is InChI=1S/C37H72NO7P/c1-6-8-10-12-14-16-18-19-21-23-25-27-29-32-42-34-36(35-44-46(40,41)43-33-31-38(3,4)5)45-37(39)30-28-26-24-22-20-17-15-13-11-9-7-2/h13-16,36H,6-12,17-35H2,1-5H3/b15-13-,16-14-. The van der Waals surface area contributed by atoms with Crippen LogP contribution in [0.15, 0.2) is 24.3 Å². The van der Waals surface area contributed by atoms with Crippen LogP contribution in [0.1, 0.15) is 149 Å². The van der Waals surface area contributed by atoms with Crippen LogP contribution < -0.4 is 4.89 Å². The molecule has 0 rings (SSSR count). The third kappa shape index (κ3) is 34.3. The molecule has 0 saturated carbocycles. The molecule has 0 heterocycles. The fourth-order valence-corrected chi connectivity index (χ4v) is 5.48. The van der Waals surface area contributed by atoms with Crippen LogP contribution in [0.5, 0.6) is 0 Å². The molecule has 9 heteroatoms. The summed E-state index contributed by atoms with van der Waals surface area (Å²) in [6, 6.07) is 0. The van der Waals surface area contributed by atoms with Gasteiger partial charge in [0.2, 0.25) is 0 Å². The molecule has 0 aliphatic carbocycles. The van der Waals surface area contributed by atoms with E-state index in [1.807, 2.05) is 21.1 Å². The maximum absolute atomic E-state index is 12.6. The van der Waals surface area contributed by atoms with E-state index in [1.165, 1.54) is 83.5 Å². The topological polar surface area (TPSA) is 94.1 Å². The molecule has 0 saturated heterocycles. The van der Waals surface area contributed by atoms with Crippen molar-refractivity contribution in [1.29, 1.82) is 0 Å². The van der Waals surface area contributed by atoms with Gasteiger partial charge in [0, 0.05) is 13.0 Å². The van der Waals surface area contributed by atoms with Gasteiger partial charge in [0.1, 0.15) is 19.3 Å². The first-order valence-electron chi connectivity index (χ1n) is 18.6. The average molecular weight is 674 g/mol. The summed E-state index contributed by atoms with van der Waals surface area (Å²) < 4.78 is 34.4. The molecular formula is C37H72NO7P. The van der Waals surface area contributed by atoms with Gasteiger partial charge in [-0.1, -0.05) is 109 Å². The minimum atomic E-state index is -4.51. The van der Waals surface area contributed by atoms with Crippen LogP contribution in [0.4, 0.5) is 0 Å². The zero-order valence-electron chi connectivity index (χ0n) is 30.5. The largest absolute Gasteiger partial charge is 0.756 e. The molecule has 0 bridgehead atoms. The lowest BCUT2D eigenvalue weighted by atomic mass is 10.1. The van der Waals surface area contributed by atoms with E-state index in [-0.39, 0.29) is 25.8 Å². The van der Waals surface area contributed by atoms with Gasteiger partial charge in [-0.3, -0.25) is 9.36 Å². The Labute approximate surface area is 283 Å². The molecule has 272 valence electrons. The normalized spacial score (nSPS) is 14.3. The average Bonchev–Trinajstić information content (AvgIpc) is 2.99. The number of phosphoric ester groups is 1. The summed E-state index contributed by atoms with van der Waals surface area (Å²) in [6.07, 6.45) is 31.8. The summed E-state index contributed by atoms with van der Waals surface area (Å²) >= 11 is 0. The van der Waals surface area contributed by atoms with Crippen molar-refractivity contribution in [3.63, 3.8) is 0 Å². The van der Waals surface area contributed by atoms with E-state index in [9.17, 15) is 14.3 Å². The smallest absolute Gasteiger partial charge is 0.306 e. The van der Waals surface area contributed by atoms with Gasteiger partial charge in [0.05, 0.1) is 34.4 Å². The lowest BCUT2D eigenvalue weighted by molar-refractivity contribution is -0.870. The van der Waals surface area contributed by atoms with Gasteiger partial charge in [-0.2, -0.15) is 0 Å². The van der Waals surface area contributed by atoms with Crippen molar-refractivity contribution in [2.75, 3.05) is 54.1 Å². The Balaban J connectivity index is 4.34. The highest BCUT2D eigenvalue weighted by molar-refractivity contribution is 7.45. The van der Waals surface area contributed by atoms with Gasteiger partial charge < -0.3 is 27.9 Å². The summed E-state index contributed by atoms with van der Waals surface area (Å²) in [7, 11) is 1.34. The number of ether oxygens (including phenoxy) is 2. The van der Waals surface area contributed by atoms with Crippen LogP contribution in [0.25, 0.3) is 0 Å². The first kappa shape index (κ1) is 45.0. The number of rotatable bonds is 34. The van der Waals surface area contributed by atoms with E-state index >= 15 is 0 Å². The molecule has 0 aliphatic rings. The fraction of sp³-hybridized carbons (Fsp3) is 0.865. The molecule has 0 aliphatic heterocycles. The minimum Gasteiger partial charge on any atom is -0.756 e. The van der Waals surface area contributed by atoms with E-state index in [0.29, 0.717) is 24.1 Å². The highest BCUT2D eigenvalue weighted by Gasteiger charge is 2.20. The number of carbonyl (C=O) groups excluding carboxylic acids is 1. The van der Waals surface area contributed by atoms with Crippen molar-refractivity contribution in [2.24, 2.45) is 0 Å². The van der Waals surface area contributed by atoms with Crippen LogP contribution in [0.2, 0.25) is 0 Å². The monoisotopic (exact) mass is 674 g/mol.